The SMILES string of the molecule is Cn1nc(N2CCOCC2)c2cc(N)ccc21. The number of ether oxygens (including phenoxy) is 1. The van der Waals surface area contributed by atoms with Crippen LogP contribution in [0, 0.1) is 0 Å². The summed E-state index contributed by atoms with van der Waals surface area (Å²) in [5.41, 5.74) is 7.74. The van der Waals surface area contributed by atoms with Gasteiger partial charge in [-0.25, -0.2) is 0 Å². The van der Waals surface area contributed by atoms with Crippen LogP contribution in [0.1, 0.15) is 0 Å². The van der Waals surface area contributed by atoms with Crippen molar-refractivity contribution in [3.05, 3.63) is 18.2 Å². The van der Waals surface area contributed by atoms with Crippen molar-refractivity contribution >= 4 is 22.4 Å². The van der Waals surface area contributed by atoms with Crippen LogP contribution in [0.3, 0.4) is 0 Å². The van der Waals surface area contributed by atoms with Crippen LogP contribution in [-0.2, 0) is 11.8 Å². The number of hydrogen-bond acceptors (Lipinski definition) is 4. The van der Waals surface area contributed by atoms with E-state index >= 15 is 0 Å². The van der Waals surface area contributed by atoms with Gasteiger partial charge in [0.1, 0.15) is 0 Å². The molecule has 1 aromatic carbocycles. The molecule has 0 radical (unpaired) electrons. The van der Waals surface area contributed by atoms with Crippen molar-refractivity contribution in [2.75, 3.05) is 36.9 Å². The van der Waals surface area contributed by atoms with Gasteiger partial charge in [-0.2, -0.15) is 5.10 Å². The summed E-state index contributed by atoms with van der Waals surface area (Å²) in [5, 5.41) is 5.71. The number of nitrogens with two attached hydrogens (primary N) is 1. The molecule has 0 amide bonds. The van der Waals surface area contributed by atoms with E-state index in [4.69, 9.17) is 10.5 Å². The molecule has 1 saturated heterocycles. The molecule has 0 spiro atoms. The molecule has 3 rings (SSSR count). The number of nitrogens with zero attached hydrogens (tertiary/aromatic N) is 3. The minimum atomic E-state index is 0.764. The van der Waals surface area contributed by atoms with Crippen LogP contribution in [0.25, 0.3) is 10.9 Å². The first-order chi connectivity index (χ1) is 8.25. The summed E-state index contributed by atoms with van der Waals surface area (Å²) in [6.45, 7) is 3.31. The molecular weight excluding hydrogens is 216 g/mol. The molecule has 17 heavy (non-hydrogen) atoms. The van der Waals surface area contributed by atoms with Gasteiger partial charge >= 0.3 is 0 Å². The molecule has 0 unspecified atom stereocenters. The Kier molecular flexibility index (Phi) is 2.40. The number of benzene rings is 1. The van der Waals surface area contributed by atoms with Gasteiger partial charge in [0, 0.05) is 31.2 Å². The Morgan fingerprint density at radius 2 is 2.06 bits per heavy atom. The summed E-state index contributed by atoms with van der Waals surface area (Å²) in [6.07, 6.45) is 0. The molecule has 0 aliphatic carbocycles. The Hall–Kier alpha value is -1.75. The first kappa shape index (κ1) is 10.4. The zero-order chi connectivity index (χ0) is 11.8. The van der Waals surface area contributed by atoms with Crippen LogP contribution in [0.2, 0.25) is 0 Å². The molecule has 0 bridgehead atoms. The second-order valence-corrected chi connectivity index (χ2v) is 4.32. The average Bonchev–Trinajstić information content (AvgIpc) is 2.67. The van der Waals surface area contributed by atoms with Crippen molar-refractivity contribution in [3.63, 3.8) is 0 Å². The van der Waals surface area contributed by atoms with Crippen LogP contribution in [0.15, 0.2) is 18.2 Å². The van der Waals surface area contributed by atoms with Crippen LogP contribution in [-0.4, -0.2) is 36.1 Å². The number of hydrogen-bond donors (Lipinski definition) is 1. The first-order valence-corrected chi connectivity index (χ1v) is 5.80. The van der Waals surface area contributed by atoms with Gasteiger partial charge in [0.05, 0.1) is 18.7 Å². The molecule has 2 heterocycles. The number of morpholine rings is 1. The highest BCUT2D eigenvalue weighted by atomic mass is 16.5. The zero-order valence-electron chi connectivity index (χ0n) is 9.89. The van der Waals surface area contributed by atoms with Gasteiger partial charge in [0.15, 0.2) is 5.82 Å². The van der Waals surface area contributed by atoms with Gasteiger partial charge in [0.2, 0.25) is 0 Å². The lowest BCUT2D eigenvalue weighted by Gasteiger charge is -2.26. The predicted octanol–water partition coefficient (Wildman–Crippen LogP) is 0.992. The third kappa shape index (κ3) is 1.72. The largest absolute Gasteiger partial charge is 0.399 e. The molecular formula is C12H16N4O. The van der Waals surface area contributed by atoms with Gasteiger partial charge in [-0.15, -0.1) is 0 Å². The normalized spacial score (nSPS) is 16.6. The predicted molar refractivity (Wildman–Crippen MR) is 68.2 cm³/mol. The minimum Gasteiger partial charge on any atom is -0.399 e. The monoisotopic (exact) mass is 232 g/mol. The molecule has 2 aromatic rings. The second kappa shape index (κ2) is 3.92. The third-order valence-electron chi connectivity index (χ3n) is 3.17. The maximum Gasteiger partial charge on any atom is 0.158 e. The third-order valence-corrected chi connectivity index (χ3v) is 3.17. The van der Waals surface area contributed by atoms with Crippen LogP contribution in [0.5, 0.6) is 0 Å². The fourth-order valence-corrected chi connectivity index (χ4v) is 2.27. The number of nitrogen functional groups attached to an aromatic ring is 1. The van der Waals surface area contributed by atoms with Crippen LogP contribution < -0.4 is 10.6 Å². The van der Waals surface area contributed by atoms with Crippen molar-refractivity contribution in [2.45, 2.75) is 0 Å². The number of aryl methyl sites for hydroxylation is 1. The van der Waals surface area contributed by atoms with E-state index in [0.717, 1.165) is 48.7 Å². The maximum atomic E-state index is 5.85. The molecule has 1 aromatic heterocycles. The summed E-state index contributed by atoms with van der Waals surface area (Å²) in [7, 11) is 1.96. The molecule has 2 N–H and O–H groups in total. The Balaban J connectivity index is 2.11. The number of fused-ring (bicyclic) bond motifs is 1. The van der Waals surface area contributed by atoms with Crippen molar-refractivity contribution < 1.29 is 4.74 Å². The van der Waals surface area contributed by atoms with Crippen LogP contribution in [0.4, 0.5) is 11.5 Å². The first-order valence-electron chi connectivity index (χ1n) is 5.80. The molecule has 1 fully saturated rings. The van der Waals surface area contributed by atoms with Gasteiger partial charge in [-0.3, -0.25) is 4.68 Å². The molecule has 5 nitrogen and oxygen atoms in total. The van der Waals surface area contributed by atoms with E-state index in [1.54, 1.807) is 0 Å². The van der Waals surface area contributed by atoms with Gasteiger partial charge in [0.25, 0.3) is 0 Å². The highest BCUT2D eigenvalue weighted by Gasteiger charge is 2.17. The fourth-order valence-electron chi connectivity index (χ4n) is 2.27. The van der Waals surface area contributed by atoms with Gasteiger partial charge < -0.3 is 15.4 Å². The Morgan fingerprint density at radius 1 is 1.29 bits per heavy atom. The zero-order valence-corrected chi connectivity index (χ0v) is 9.89. The summed E-state index contributed by atoms with van der Waals surface area (Å²) in [6, 6.07) is 5.92. The smallest absolute Gasteiger partial charge is 0.158 e. The summed E-state index contributed by atoms with van der Waals surface area (Å²) < 4.78 is 7.27. The van der Waals surface area contributed by atoms with E-state index in [0.29, 0.717) is 0 Å². The summed E-state index contributed by atoms with van der Waals surface area (Å²) in [5.74, 6) is 1.01. The lowest BCUT2D eigenvalue weighted by molar-refractivity contribution is 0.122. The molecule has 0 saturated carbocycles. The van der Waals surface area contributed by atoms with E-state index in [9.17, 15) is 0 Å². The van der Waals surface area contributed by atoms with Crippen LogP contribution >= 0.6 is 0 Å². The van der Waals surface area contributed by atoms with Crippen molar-refractivity contribution in [2.24, 2.45) is 7.05 Å². The van der Waals surface area contributed by atoms with Crippen molar-refractivity contribution in [1.29, 1.82) is 0 Å². The highest BCUT2D eigenvalue weighted by Crippen LogP contribution is 2.27. The van der Waals surface area contributed by atoms with E-state index in [2.05, 4.69) is 10.00 Å². The van der Waals surface area contributed by atoms with Crippen molar-refractivity contribution in [1.82, 2.24) is 9.78 Å². The maximum absolute atomic E-state index is 5.85. The number of aromatic nitrogens is 2. The van der Waals surface area contributed by atoms with Crippen molar-refractivity contribution in [3.8, 4) is 0 Å². The summed E-state index contributed by atoms with van der Waals surface area (Å²) in [4.78, 5) is 2.26. The van der Waals surface area contributed by atoms with E-state index in [1.807, 2.05) is 29.9 Å². The van der Waals surface area contributed by atoms with Gasteiger partial charge in [-0.05, 0) is 18.2 Å². The summed E-state index contributed by atoms with van der Waals surface area (Å²) >= 11 is 0. The quantitative estimate of drug-likeness (QED) is 0.745. The fraction of sp³-hybridized carbons (Fsp3) is 0.417. The molecule has 5 heteroatoms. The topological polar surface area (TPSA) is 56.3 Å². The Morgan fingerprint density at radius 3 is 2.82 bits per heavy atom. The molecule has 1 aliphatic rings. The molecule has 0 atom stereocenters. The lowest BCUT2D eigenvalue weighted by atomic mass is 10.2. The van der Waals surface area contributed by atoms with Gasteiger partial charge in [-0.1, -0.05) is 0 Å². The Labute approximate surface area is 99.8 Å². The highest BCUT2D eigenvalue weighted by molar-refractivity contribution is 5.92. The minimum absolute atomic E-state index is 0.764. The molecule has 90 valence electrons. The standard InChI is InChI=1S/C12H16N4O/c1-15-11-3-2-9(13)8-10(11)12(14-15)16-4-6-17-7-5-16/h2-3,8H,4-7,13H2,1H3. The lowest BCUT2D eigenvalue weighted by Crippen LogP contribution is -2.36. The van der Waals surface area contributed by atoms with E-state index in [1.165, 1.54) is 0 Å². The van der Waals surface area contributed by atoms with E-state index < -0.39 is 0 Å². The average molecular weight is 232 g/mol. The number of rotatable bonds is 1. The van der Waals surface area contributed by atoms with E-state index in [-0.39, 0.29) is 0 Å². The Bertz CT molecular complexity index is 543. The second-order valence-electron chi connectivity index (χ2n) is 4.32. The molecule has 1 aliphatic heterocycles. The number of anilines is 2.